The first kappa shape index (κ1) is 21.8. The first-order valence-corrected chi connectivity index (χ1v) is 9.99. The van der Waals surface area contributed by atoms with Crippen LogP contribution in [0.2, 0.25) is 15.2 Å². The largest absolute Gasteiger partial charge is 0.338 e. The molecule has 2 N–H and O–H groups in total. The number of hydrogen-bond donors (Lipinski definition) is 1. The Labute approximate surface area is 182 Å². The van der Waals surface area contributed by atoms with Crippen molar-refractivity contribution in [2.45, 2.75) is 12.5 Å². The zero-order chi connectivity index (χ0) is 21.1. The fourth-order valence-corrected chi connectivity index (χ4v) is 3.86. The molecule has 10 heteroatoms. The Kier molecular flexibility index (Phi) is 6.95. The van der Waals surface area contributed by atoms with E-state index in [0.717, 1.165) is 11.8 Å². The number of piperazine rings is 1. The molecule has 1 aromatic carbocycles. The predicted octanol–water partition coefficient (Wildman–Crippen LogP) is 3.04. The fourth-order valence-electron chi connectivity index (χ4n) is 3.15. The molecular weight excluding hydrogens is 442 g/mol. The van der Waals surface area contributed by atoms with Gasteiger partial charge in [0, 0.05) is 31.2 Å². The maximum Gasteiger partial charge on any atom is 0.258 e. The predicted molar refractivity (Wildman–Crippen MR) is 110 cm³/mol. The van der Waals surface area contributed by atoms with E-state index in [1.807, 2.05) is 6.07 Å². The average Bonchev–Trinajstić information content (AvgIpc) is 2.70. The number of aromatic nitrogens is 1. The summed E-state index contributed by atoms with van der Waals surface area (Å²) in [5.41, 5.74) is 6.77. The SMILES string of the molecule is NC(Cc1cccc(Cl)c1)C(=O)N1CCN(C(=O)c2c(Cl)ncc(F)c2Cl)CC1. The molecule has 6 nitrogen and oxygen atoms in total. The molecule has 1 atom stereocenters. The average molecular weight is 460 g/mol. The number of amides is 2. The maximum absolute atomic E-state index is 13.6. The number of carbonyl (C=O) groups excluding carboxylic acids is 2. The van der Waals surface area contributed by atoms with Gasteiger partial charge < -0.3 is 15.5 Å². The van der Waals surface area contributed by atoms with Crippen LogP contribution in [0.15, 0.2) is 30.5 Å². The Morgan fingerprint density at radius 1 is 1.14 bits per heavy atom. The Balaban J connectivity index is 1.61. The summed E-state index contributed by atoms with van der Waals surface area (Å²) in [5, 5.41) is 0.0546. The molecule has 0 radical (unpaired) electrons. The number of pyridine rings is 1. The lowest BCUT2D eigenvalue weighted by atomic mass is 10.1. The van der Waals surface area contributed by atoms with Gasteiger partial charge in [-0.1, -0.05) is 46.9 Å². The lowest BCUT2D eigenvalue weighted by molar-refractivity contribution is -0.134. The van der Waals surface area contributed by atoms with E-state index in [9.17, 15) is 14.0 Å². The van der Waals surface area contributed by atoms with Crippen LogP contribution < -0.4 is 5.73 Å². The van der Waals surface area contributed by atoms with Crippen LogP contribution in [0.5, 0.6) is 0 Å². The zero-order valence-corrected chi connectivity index (χ0v) is 17.5. The van der Waals surface area contributed by atoms with Crippen LogP contribution in [-0.2, 0) is 11.2 Å². The molecule has 2 aromatic rings. The molecule has 2 amide bonds. The van der Waals surface area contributed by atoms with Crippen LogP contribution in [0.3, 0.4) is 0 Å². The van der Waals surface area contributed by atoms with Crippen LogP contribution in [0.25, 0.3) is 0 Å². The van der Waals surface area contributed by atoms with Crippen LogP contribution in [0.4, 0.5) is 4.39 Å². The van der Waals surface area contributed by atoms with Crippen molar-refractivity contribution in [1.29, 1.82) is 0 Å². The molecule has 1 aromatic heterocycles. The number of rotatable bonds is 4. The normalized spacial score (nSPS) is 15.3. The molecular formula is C19H18Cl3FN4O2. The molecule has 0 aliphatic carbocycles. The van der Waals surface area contributed by atoms with Gasteiger partial charge >= 0.3 is 0 Å². The third kappa shape index (κ3) is 4.98. The van der Waals surface area contributed by atoms with Crippen molar-refractivity contribution in [3.05, 3.63) is 62.6 Å². The second kappa shape index (κ2) is 9.26. The number of nitrogens with two attached hydrogens (primary N) is 1. The summed E-state index contributed by atoms with van der Waals surface area (Å²) in [7, 11) is 0. The Hall–Kier alpha value is -1.93. The molecule has 0 spiro atoms. The molecule has 1 fully saturated rings. The lowest BCUT2D eigenvalue weighted by Crippen LogP contribution is -2.54. The standard InChI is InChI=1S/C19H18Cl3FN4O2/c20-12-3-1-2-11(8-12)9-14(24)18(28)26-4-6-27(7-5-26)19(29)15-16(21)13(23)10-25-17(15)22/h1-3,8,10,14H,4-7,9,24H2. The summed E-state index contributed by atoms with van der Waals surface area (Å²) in [4.78, 5) is 32.0. The highest BCUT2D eigenvalue weighted by atomic mass is 35.5. The Morgan fingerprint density at radius 2 is 1.79 bits per heavy atom. The Morgan fingerprint density at radius 3 is 2.45 bits per heavy atom. The van der Waals surface area contributed by atoms with Crippen molar-refractivity contribution in [3.63, 3.8) is 0 Å². The van der Waals surface area contributed by atoms with Gasteiger partial charge in [-0.2, -0.15) is 0 Å². The third-order valence-corrected chi connectivity index (χ3v) is 5.57. The Bertz CT molecular complexity index is 936. The van der Waals surface area contributed by atoms with Crippen LogP contribution >= 0.6 is 34.8 Å². The minimum absolute atomic E-state index is 0.163. The molecule has 0 bridgehead atoms. The summed E-state index contributed by atoms with van der Waals surface area (Å²) in [5.74, 6) is -1.55. The number of halogens is 4. The molecule has 29 heavy (non-hydrogen) atoms. The van der Waals surface area contributed by atoms with Gasteiger partial charge in [0.05, 0.1) is 22.8 Å². The molecule has 2 heterocycles. The molecule has 154 valence electrons. The fraction of sp³-hybridized carbons (Fsp3) is 0.316. The van der Waals surface area contributed by atoms with E-state index >= 15 is 0 Å². The quantitative estimate of drug-likeness (QED) is 0.713. The minimum Gasteiger partial charge on any atom is -0.338 e. The summed E-state index contributed by atoms with van der Waals surface area (Å²) in [6, 6.07) is 6.46. The summed E-state index contributed by atoms with van der Waals surface area (Å²) in [6.45, 7) is 1.09. The second-order valence-corrected chi connectivity index (χ2v) is 7.82. The van der Waals surface area contributed by atoms with Gasteiger partial charge in [0.1, 0.15) is 5.15 Å². The molecule has 1 unspecified atom stereocenters. The van der Waals surface area contributed by atoms with E-state index in [-0.39, 0.29) is 34.7 Å². The smallest absolute Gasteiger partial charge is 0.258 e. The van der Waals surface area contributed by atoms with Gasteiger partial charge in [-0.05, 0) is 24.1 Å². The second-order valence-electron chi connectivity index (χ2n) is 6.64. The van der Waals surface area contributed by atoms with E-state index < -0.39 is 17.8 Å². The van der Waals surface area contributed by atoms with Gasteiger partial charge in [0.2, 0.25) is 5.91 Å². The molecule has 1 aliphatic rings. The first-order valence-electron chi connectivity index (χ1n) is 8.85. The summed E-state index contributed by atoms with van der Waals surface area (Å²) in [6.07, 6.45) is 1.22. The van der Waals surface area contributed by atoms with E-state index in [4.69, 9.17) is 40.5 Å². The van der Waals surface area contributed by atoms with Crippen molar-refractivity contribution < 1.29 is 14.0 Å². The van der Waals surface area contributed by atoms with Crippen molar-refractivity contribution >= 4 is 46.6 Å². The van der Waals surface area contributed by atoms with Gasteiger partial charge in [0.15, 0.2) is 5.82 Å². The van der Waals surface area contributed by atoms with Crippen LogP contribution in [0, 0.1) is 5.82 Å². The highest BCUT2D eigenvalue weighted by Crippen LogP contribution is 2.27. The monoisotopic (exact) mass is 458 g/mol. The van der Waals surface area contributed by atoms with Gasteiger partial charge in [-0.3, -0.25) is 9.59 Å². The number of carbonyl (C=O) groups is 2. The summed E-state index contributed by atoms with van der Waals surface area (Å²) >= 11 is 17.8. The molecule has 1 saturated heterocycles. The number of benzene rings is 1. The highest BCUT2D eigenvalue weighted by Gasteiger charge is 2.30. The third-order valence-electron chi connectivity index (χ3n) is 4.68. The number of nitrogens with zero attached hydrogens (tertiary/aromatic N) is 3. The van der Waals surface area contributed by atoms with E-state index in [2.05, 4.69) is 4.98 Å². The highest BCUT2D eigenvalue weighted by molar-refractivity contribution is 6.39. The maximum atomic E-state index is 13.6. The zero-order valence-electron chi connectivity index (χ0n) is 15.2. The van der Waals surface area contributed by atoms with Crippen molar-refractivity contribution in [3.8, 4) is 0 Å². The van der Waals surface area contributed by atoms with Crippen LogP contribution in [-0.4, -0.2) is 58.8 Å². The number of hydrogen-bond acceptors (Lipinski definition) is 4. The van der Waals surface area contributed by atoms with E-state index in [0.29, 0.717) is 24.5 Å². The van der Waals surface area contributed by atoms with Gasteiger partial charge in [-0.25, -0.2) is 9.37 Å². The first-order chi connectivity index (χ1) is 13.8. The van der Waals surface area contributed by atoms with E-state index in [1.165, 1.54) is 4.90 Å². The minimum atomic E-state index is -0.819. The molecule has 3 rings (SSSR count). The van der Waals surface area contributed by atoms with Crippen molar-refractivity contribution in [1.82, 2.24) is 14.8 Å². The molecule has 1 aliphatic heterocycles. The van der Waals surface area contributed by atoms with Crippen molar-refractivity contribution in [2.24, 2.45) is 5.73 Å². The summed E-state index contributed by atoms with van der Waals surface area (Å²) < 4.78 is 13.6. The molecule has 0 saturated carbocycles. The lowest BCUT2D eigenvalue weighted by Gasteiger charge is -2.36. The van der Waals surface area contributed by atoms with Crippen molar-refractivity contribution in [2.75, 3.05) is 26.2 Å². The van der Waals surface area contributed by atoms with Gasteiger partial charge in [-0.15, -0.1) is 0 Å². The topological polar surface area (TPSA) is 79.5 Å². The van der Waals surface area contributed by atoms with Gasteiger partial charge in [0.25, 0.3) is 5.91 Å². The van der Waals surface area contributed by atoms with Crippen LogP contribution in [0.1, 0.15) is 15.9 Å². The van der Waals surface area contributed by atoms with E-state index in [1.54, 1.807) is 23.1 Å².